The van der Waals surface area contributed by atoms with E-state index in [1.165, 1.54) is 7.11 Å². The summed E-state index contributed by atoms with van der Waals surface area (Å²) in [7, 11) is 3.10. The molecule has 2 N–H and O–H groups in total. The highest BCUT2D eigenvalue weighted by molar-refractivity contribution is 5.97. The Labute approximate surface area is 120 Å². The molecule has 0 radical (unpaired) electrons. The lowest BCUT2D eigenvalue weighted by atomic mass is 10.1. The Morgan fingerprint density at radius 3 is 2.53 bits per heavy atom. The zero-order chi connectivity index (χ0) is 13.4. The smallest absolute Gasteiger partial charge is 0.255 e. The standard InChI is InChI=1S/C13H20N2O3.ClH/c1-4-14-7-8-15-13(16)11-9-10(17-2)5-6-12(11)18-3;/h5-6,9,14H,4,7-8H2,1-3H3,(H,15,16);1H. The number of rotatable bonds is 7. The van der Waals surface area contributed by atoms with Crippen LogP contribution in [0, 0.1) is 0 Å². The molecule has 0 aliphatic carbocycles. The Morgan fingerprint density at radius 1 is 1.21 bits per heavy atom. The van der Waals surface area contributed by atoms with Crippen LogP contribution in [0.4, 0.5) is 0 Å². The van der Waals surface area contributed by atoms with Crippen molar-refractivity contribution >= 4 is 18.3 Å². The number of amides is 1. The Bertz CT molecular complexity index is 399. The van der Waals surface area contributed by atoms with E-state index in [1.807, 2.05) is 6.92 Å². The molecule has 1 amide bonds. The maximum absolute atomic E-state index is 12.0. The number of halogens is 1. The molecule has 19 heavy (non-hydrogen) atoms. The van der Waals surface area contributed by atoms with Gasteiger partial charge < -0.3 is 20.1 Å². The maximum Gasteiger partial charge on any atom is 0.255 e. The highest BCUT2D eigenvalue weighted by Crippen LogP contribution is 2.23. The molecular weight excluding hydrogens is 268 g/mol. The number of benzene rings is 1. The lowest BCUT2D eigenvalue weighted by molar-refractivity contribution is 0.0950. The number of carbonyl (C=O) groups is 1. The van der Waals surface area contributed by atoms with Gasteiger partial charge in [0, 0.05) is 13.1 Å². The van der Waals surface area contributed by atoms with Crippen molar-refractivity contribution in [3.63, 3.8) is 0 Å². The molecule has 0 aromatic heterocycles. The second-order valence-electron chi connectivity index (χ2n) is 3.68. The van der Waals surface area contributed by atoms with E-state index in [1.54, 1.807) is 25.3 Å². The molecule has 0 bridgehead atoms. The van der Waals surface area contributed by atoms with Crippen LogP contribution in [-0.2, 0) is 0 Å². The summed E-state index contributed by atoms with van der Waals surface area (Å²) >= 11 is 0. The van der Waals surface area contributed by atoms with Gasteiger partial charge in [-0.25, -0.2) is 0 Å². The van der Waals surface area contributed by atoms with Crippen LogP contribution in [0.25, 0.3) is 0 Å². The van der Waals surface area contributed by atoms with E-state index in [9.17, 15) is 4.79 Å². The number of nitrogens with one attached hydrogen (secondary N) is 2. The summed E-state index contributed by atoms with van der Waals surface area (Å²) < 4.78 is 10.3. The third kappa shape index (κ3) is 5.36. The molecule has 0 aliphatic heterocycles. The molecule has 0 heterocycles. The molecule has 5 nitrogen and oxygen atoms in total. The van der Waals surface area contributed by atoms with Gasteiger partial charge in [0.05, 0.1) is 19.8 Å². The quantitative estimate of drug-likeness (QED) is 0.746. The zero-order valence-electron chi connectivity index (χ0n) is 11.5. The number of methoxy groups -OCH3 is 2. The first-order chi connectivity index (χ1) is 8.72. The van der Waals surface area contributed by atoms with Crippen molar-refractivity contribution in [1.29, 1.82) is 0 Å². The van der Waals surface area contributed by atoms with E-state index >= 15 is 0 Å². The lowest BCUT2D eigenvalue weighted by Crippen LogP contribution is -2.31. The zero-order valence-corrected chi connectivity index (χ0v) is 12.3. The fourth-order valence-electron chi connectivity index (χ4n) is 1.53. The molecule has 0 fully saturated rings. The van der Waals surface area contributed by atoms with Gasteiger partial charge in [-0.3, -0.25) is 4.79 Å². The van der Waals surface area contributed by atoms with Crippen molar-refractivity contribution in [2.24, 2.45) is 0 Å². The predicted molar refractivity (Wildman–Crippen MR) is 77.7 cm³/mol. The van der Waals surface area contributed by atoms with E-state index in [0.717, 1.165) is 13.1 Å². The van der Waals surface area contributed by atoms with Crippen LogP contribution in [0.3, 0.4) is 0 Å². The van der Waals surface area contributed by atoms with Crippen molar-refractivity contribution in [2.75, 3.05) is 33.9 Å². The highest BCUT2D eigenvalue weighted by Gasteiger charge is 2.12. The monoisotopic (exact) mass is 288 g/mol. The second-order valence-corrected chi connectivity index (χ2v) is 3.68. The van der Waals surface area contributed by atoms with Crippen molar-refractivity contribution in [3.8, 4) is 11.5 Å². The second kappa shape index (κ2) is 9.47. The topological polar surface area (TPSA) is 59.6 Å². The van der Waals surface area contributed by atoms with E-state index in [2.05, 4.69) is 10.6 Å². The van der Waals surface area contributed by atoms with Gasteiger partial charge in [0.2, 0.25) is 0 Å². The molecule has 0 aliphatic rings. The fourth-order valence-corrected chi connectivity index (χ4v) is 1.53. The predicted octanol–water partition coefficient (Wildman–Crippen LogP) is 1.46. The summed E-state index contributed by atoms with van der Waals surface area (Å²) in [6, 6.07) is 5.15. The van der Waals surface area contributed by atoms with Gasteiger partial charge in [0.25, 0.3) is 5.91 Å². The van der Waals surface area contributed by atoms with Gasteiger partial charge in [0.1, 0.15) is 11.5 Å². The molecule has 0 saturated carbocycles. The number of hydrogen-bond acceptors (Lipinski definition) is 4. The maximum atomic E-state index is 12.0. The molecular formula is C13H21ClN2O3. The van der Waals surface area contributed by atoms with Crippen LogP contribution < -0.4 is 20.1 Å². The number of carbonyl (C=O) groups excluding carboxylic acids is 1. The third-order valence-corrected chi connectivity index (χ3v) is 2.49. The highest BCUT2D eigenvalue weighted by atomic mass is 35.5. The van der Waals surface area contributed by atoms with Gasteiger partial charge in [-0.2, -0.15) is 0 Å². The normalized spacial score (nSPS) is 9.42. The number of likely N-dealkylation sites (N-methyl/N-ethyl adjacent to an activating group) is 1. The first-order valence-corrected chi connectivity index (χ1v) is 5.93. The SMILES string of the molecule is CCNCCNC(=O)c1cc(OC)ccc1OC.Cl. The van der Waals surface area contributed by atoms with Crippen LogP contribution in [0.1, 0.15) is 17.3 Å². The minimum Gasteiger partial charge on any atom is -0.497 e. The fraction of sp³-hybridized carbons (Fsp3) is 0.462. The van der Waals surface area contributed by atoms with Crippen LogP contribution in [0.15, 0.2) is 18.2 Å². The summed E-state index contributed by atoms with van der Waals surface area (Å²) in [6.45, 7) is 4.23. The first kappa shape index (κ1) is 17.5. The van der Waals surface area contributed by atoms with Gasteiger partial charge in [-0.05, 0) is 24.7 Å². The summed E-state index contributed by atoms with van der Waals surface area (Å²) in [5, 5.41) is 5.96. The average molecular weight is 289 g/mol. The molecule has 1 rings (SSSR count). The Kier molecular flexibility index (Phi) is 8.74. The molecule has 6 heteroatoms. The summed E-state index contributed by atoms with van der Waals surface area (Å²) in [6.07, 6.45) is 0. The number of hydrogen-bond donors (Lipinski definition) is 2. The molecule has 0 spiro atoms. The van der Waals surface area contributed by atoms with Crippen molar-refractivity contribution in [3.05, 3.63) is 23.8 Å². The van der Waals surface area contributed by atoms with E-state index < -0.39 is 0 Å². The molecule has 1 aromatic rings. The van der Waals surface area contributed by atoms with Crippen LogP contribution >= 0.6 is 12.4 Å². The number of ether oxygens (including phenoxy) is 2. The van der Waals surface area contributed by atoms with E-state index in [0.29, 0.717) is 23.6 Å². The Hall–Kier alpha value is -1.46. The van der Waals surface area contributed by atoms with Gasteiger partial charge >= 0.3 is 0 Å². The third-order valence-electron chi connectivity index (χ3n) is 2.49. The minimum atomic E-state index is -0.163. The molecule has 0 unspecified atom stereocenters. The van der Waals surface area contributed by atoms with E-state index in [4.69, 9.17) is 9.47 Å². The Morgan fingerprint density at radius 2 is 1.95 bits per heavy atom. The van der Waals surface area contributed by atoms with E-state index in [-0.39, 0.29) is 18.3 Å². The van der Waals surface area contributed by atoms with Crippen LogP contribution in [0.5, 0.6) is 11.5 Å². The minimum absolute atomic E-state index is 0. The summed E-state index contributed by atoms with van der Waals surface area (Å²) in [5.41, 5.74) is 0.480. The van der Waals surface area contributed by atoms with Crippen molar-refractivity contribution in [1.82, 2.24) is 10.6 Å². The largest absolute Gasteiger partial charge is 0.497 e. The van der Waals surface area contributed by atoms with Gasteiger partial charge in [0.15, 0.2) is 0 Å². The summed E-state index contributed by atoms with van der Waals surface area (Å²) in [4.78, 5) is 12.0. The van der Waals surface area contributed by atoms with Crippen LogP contribution in [-0.4, -0.2) is 39.8 Å². The van der Waals surface area contributed by atoms with Crippen molar-refractivity contribution in [2.45, 2.75) is 6.92 Å². The van der Waals surface area contributed by atoms with Crippen molar-refractivity contribution < 1.29 is 14.3 Å². The average Bonchev–Trinajstić information content (AvgIpc) is 2.42. The molecule has 1 aromatic carbocycles. The van der Waals surface area contributed by atoms with Gasteiger partial charge in [-0.15, -0.1) is 12.4 Å². The lowest BCUT2D eigenvalue weighted by Gasteiger charge is -2.11. The van der Waals surface area contributed by atoms with Gasteiger partial charge in [-0.1, -0.05) is 6.92 Å². The molecule has 0 atom stereocenters. The summed E-state index contributed by atoms with van der Waals surface area (Å²) in [5.74, 6) is 1.01. The van der Waals surface area contributed by atoms with Crippen LogP contribution in [0.2, 0.25) is 0 Å². The molecule has 108 valence electrons. The molecule has 0 saturated heterocycles. The Balaban J connectivity index is 0.00000324. The first-order valence-electron chi connectivity index (χ1n) is 5.93.